The van der Waals surface area contributed by atoms with Crippen LogP contribution in [0.2, 0.25) is 5.02 Å². The Morgan fingerprint density at radius 3 is 2.95 bits per heavy atom. The third kappa shape index (κ3) is 2.65. The molecule has 1 aromatic rings. The molecule has 3 nitrogen and oxygen atoms in total. The van der Waals surface area contributed by atoms with Gasteiger partial charge in [-0.3, -0.25) is 0 Å². The van der Waals surface area contributed by atoms with Crippen LogP contribution < -0.4 is 14.8 Å². The van der Waals surface area contributed by atoms with E-state index in [4.69, 9.17) is 21.1 Å². The zero-order valence-electron chi connectivity index (χ0n) is 10.7. The second kappa shape index (κ2) is 5.55. The van der Waals surface area contributed by atoms with E-state index in [1.54, 1.807) is 0 Å². The molecule has 1 N–H and O–H groups in total. The number of hydrogen-bond acceptors (Lipinski definition) is 3. The molecule has 1 aromatic carbocycles. The van der Waals surface area contributed by atoms with E-state index in [-0.39, 0.29) is 10.8 Å². The van der Waals surface area contributed by atoms with Crippen molar-refractivity contribution >= 4 is 11.6 Å². The van der Waals surface area contributed by atoms with Crippen LogP contribution in [-0.4, -0.2) is 25.8 Å². The van der Waals surface area contributed by atoms with Gasteiger partial charge in [-0.1, -0.05) is 11.6 Å². The van der Waals surface area contributed by atoms with E-state index < -0.39 is 0 Å². The molecule has 0 saturated carbocycles. The summed E-state index contributed by atoms with van der Waals surface area (Å²) in [6.45, 7) is 2.13. The molecular weight excluding hydrogens is 269 g/mol. The van der Waals surface area contributed by atoms with Crippen molar-refractivity contribution in [2.45, 2.75) is 31.7 Å². The topological polar surface area (TPSA) is 30.5 Å². The molecule has 2 aliphatic rings. The summed E-state index contributed by atoms with van der Waals surface area (Å²) in [4.78, 5) is 0. The van der Waals surface area contributed by atoms with Gasteiger partial charge in [0.15, 0.2) is 11.5 Å². The fourth-order valence-electron chi connectivity index (χ4n) is 2.68. The average Bonchev–Trinajstić information content (AvgIpc) is 2.80. The molecule has 19 heavy (non-hydrogen) atoms. The fourth-order valence-corrected chi connectivity index (χ4v) is 2.89. The Hall–Kier alpha value is -1.00. The maximum absolute atomic E-state index is 14.3. The molecule has 0 radical (unpaired) electrons. The zero-order valence-corrected chi connectivity index (χ0v) is 11.4. The minimum Gasteiger partial charge on any atom is -0.489 e. The lowest BCUT2D eigenvalue weighted by Crippen LogP contribution is -2.24. The summed E-state index contributed by atoms with van der Waals surface area (Å²) in [5.41, 5.74) is 0.545. The number of nitrogens with one attached hydrogen (secondary N) is 1. The van der Waals surface area contributed by atoms with Gasteiger partial charge in [0.05, 0.1) is 18.2 Å². The summed E-state index contributed by atoms with van der Waals surface area (Å²) in [5, 5.41) is 3.48. The SMILES string of the molecule is Fc1c(Cl)cc2c(c1CC1CCCN1)OCCCO2. The van der Waals surface area contributed by atoms with Gasteiger partial charge in [0.1, 0.15) is 5.82 Å². The normalized spacial score (nSPS) is 22.3. The van der Waals surface area contributed by atoms with Gasteiger partial charge in [0.2, 0.25) is 0 Å². The quantitative estimate of drug-likeness (QED) is 0.906. The first-order chi connectivity index (χ1) is 9.25. The first-order valence-corrected chi connectivity index (χ1v) is 7.13. The second-order valence-electron chi connectivity index (χ2n) is 5.03. The van der Waals surface area contributed by atoms with E-state index >= 15 is 0 Å². The van der Waals surface area contributed by atoms with Gasteiger partial charge in [-0.05, 0) is 25.8 Å². The smallest absolute Gasteiger partial charge is 0.167 e. The standard InChI is InChI=1S/C14H17ClFNO2/c15-11-8-12-14(19-6-2-5-18-12)10(13(11)16)7-9-3-1-4-17-9/h8-9,17H,1-7H2. The lowest BCUT2D eigenvalue weighted by Gasteiger charge is -2.17. The summed E-state index contributed by atoms with van der Waals surface area (Å²) in [6.07, 6.45) is 3.58. The van der Waals surface area contributed by atoms with Gasteiger partial charge in [0, 0.05) is 24.1 Å². The Labute approximate surface area is 117 Å². The van der Waals surface area contributed by atoms with Gasteiger partial charge in [0.25, 0.3) is 0 Å². The van der Waals surface area contributed by atoms with Crippen LogP contribution in [0.25, 0.3) is 0 Å². The van der Waals surface area contributed by atoms with Crippen molar-refractivity contribution in [3.63, 3.8) is 0 Å². The highest BCUT2D eigenvalue weighted by Gasteiger charge is 2.25. The third-order valence-electron chi connectivity index (χ3n) is 3.64. The monoisotopic (exact) mass is 285 g/mol. The Bertz CT molecular complexity index is 475. The fraction of sp³-hybridized carbons (Fsp3) is 0.571. The Morgan fingerprint density at radius 2 is 2.16 bits per heavy atom. The molecule has 5 heteroatoms. The molecule has 104 valence electrons. The molecule has 0 bridgehead atoms. The van der Waals surface area contributed by atoms with Gasteiger partial charge in [-0.25, -0.2) is 4.39 Å². The van der Waals surface area contributed by atoms with Crippen LogP contribution in [0.5, 0.6) is 11.5 Å². The van der Waals surface area contributed by atoms with Gasteiger partial charge in [-0.2, -0.15) is 0 Å². The van der Waals surface area contributed by atoms with Crippen molar-refractivity contribution in [2.75, 3.05) is 19.8 Å². The van der Waals surface area contributed by atoms with Crippen molar-refractivity contribution in [3.05, 3.63) is 22.5 Å². The number of hydrogen-bond donors (Lipinski definition) is 1. The molecule has 0 aliphatic carbocycles. The molecule has 2 heterocycles. The van der Waals surface area contributed by atoms with E-state index in [2.05, 4.69) is 5.32 Å². The minimum atomic E-state index is -0.375. The van der Waals surface area contributed by atoms with Crippen LogP contribution >= 0.6 is 11.6 Å². The van der Waals surface area contributed by atoms with Crippen molar-refractivity contribution in [1.82, 2.24) is 5.32 Å². The Kier molecular flexibility index (Phi) is 3.80. The van der Waals surface area contributed by atoms with E-state index in [9.17, 15) is 4.39 Å². The van der Waals surface area contributed by atoms with Crippen LogP contribution in [0, 0.1) is 5.82 Å². The highest BCUT2D eigenvalue weighted by molar-refractivity contribution is 6.31. The maximum atomic E-state index is 14.3. The van der Waals surface area contributed by atoms with E-state index in [1.807, 2.05) is 0 Å². The third-order valence-corrected chi connectivity index (χ3v) is 3.91. The van der Waals surface area contributed by atoms with Crippen LogP contribution in [0.1, 0.15) is 24.8 Å². The van der Waals surface area contributed by atoms with Gasteiger partial charge >= 0.3 is 0 Å². The molecule has 0 spiro atoms. The van der Waals surface area contributed by atoms with E-state index in [0.29, 0.717) is 42.7 Å². The summed E-state index contributed by atoms with van der Waals surface area (Å²) in [7, 11) is 0. The zero-order chi connectivity index (χ0) is 13.2. The number of halogens is 2. The summed E-state index contributed by atoms with van der Waals surface area (Å²) in [6, 6.07) is 1.81. The lowest BCUT2D eigenvalue weighted by atomic mass is 10.0. The lowest BCUT2D eigenvalue weighted by molar-refractivity contribution is 0.295. The van der Waals surface area contributed by atoms with Crippen LogP contribution in [-0.2, 0) is 6.42 Å². The molecule has 0 amide bonds. The first kappa shape index (κ1) is 13.0. The molecule has 0 aromatic heterocycles. The van der Waals surface area contributed by atoms with Crippen LogP contribution in [0.4, 0.5) is 4.39 Å². The van der Waals surface area contributed by atoms with Crippen molar-refractivity contribution in [2.24, 2.45) is 0 Å². The maximum Gasteiger partial charge on any atom is 0.167 e. The summed E-state index contributed by atoms with van der Waals surface area (Å²) < 4.78 is 25.5. The number of ether oxygens (including phenoxy) is 2. The molecule has 1 saturated heterocycles. The predicted molar refractivity (Wildman–Crippen MR) is 71.7 cm³/mol. The van der Waals surface area contributed by atoms with Gasteiger partial charge in [-0.15, -0.1) is 0 Å². The Balaban J connectivity index is 1.97. The largest absolute Gasteiger partial charge is 0.489 e. The predicted octanol–water partition coefficient (Wildman–Crippen LogP) is 2.93. The van der Waals surface area contributed by atoms with Crippen LogP contribution in [0.3, 0.4) is 0 Å². The number of benzene rings is 1. The van der Waals surface area contributed by atoms with Gasteiger partial charge < -0.3 is 14.8 Å². The average molecular weight is 286 g/mol. The van der Waals surface area contributed by atoms with Crippen LogP contribution in [0.15, 0.2) is 6.07 Å². The summed E-state index contributed by atoms with van der Waals surface area (Å²) in [5.74, 6) is 0.726. The van der Waals surface area contributed by atoms with Crippen molar-refractivity contribution < 1.29 is 13.9 Å². The minimum absolute atomic E-state index is 0.109. The molecule has 1 unspecified atom stereocenters. The highest BCUT2D eigenvalue weighted by atomic mass is 35.5. The molecule has 1 atom stereocenters. The van der Waals surface area contributed by atoms with E-state index in [1.165, 1.54) is 6.07 Å². The molecule has 3 rings (SSSR count). The number of fused-ring (bicyclic) bond motifs is 1. The highest BCUT2D eigenvalue weighted by Crippen LogP contribution is 2.39. The van der Waals surface area contributed by atoms with Crippen molar-refractivity contribution in [1.29, 1.82) is 0 Å². The van der Waals surface area contributed by atoms with E-state index in [0.717, 1.165) is 25.8 Å². The number of rotatable bonds is 2. The first-order valence-electron chi connectivity index (χ1n) is 6.75. The molecular formula is C14H17ClFNO2. The summed E-state index contributed by atoms with van der Waals surface area (Å²) >= 11 is 5.96. The molecule has 1 fully saturated rings. The second-order valence-corrected chi connectivity index (χ2v) is 5.43. The Morgan fingerprint density at radius 1 is 1.32 bits per heavy atom. The van der Waals surface area contributed by atoms with Crippen molar-refractivity contribution in [3.8, 4) is 11.5 Å². The molecule has 2 aliphatic heterocycles.